The van der Waals surface area contributed by atoms with Crippen LogP contribution in [0.25, 0.3) is 0 Å². The van der Waals surface area contributed by atoms with Gasteiger partial charge >= 0.3 is 0 Å². The topological polar surface area (TPSA) is 52.5 Å². The average Bonchev–Trinajstić information content (AvgIpc) is 2.28. The number of hydrogen-bond acceptors (Lipinski definition) is 3. The largest absolute Gasteiger partial charge is 0.393 e. The van der Waals surface area contributed by atoms with Crippen molar-refractivity contribution in [3.8, 4) is 0 Å². The highest BCUT2D eigenvalue weighted by Crippen LogP contribution is 2.25. The van der Waals surface area contributed by atoms with Crippen molar-refractivity contribution in [3.63, 3.8) is 0 Å². The van der Waals surface area contributed by atoms with Crippen LogP contribution in [-0.2, 0) is 0 Å². The van der Waals surface area contributed by atoms with E-state index in [2.05, 4.69) is 5.32 Å². The number of nitrogens with one attached hydrogen (secondary N) is 1. The van der Waals surface area contributed by atoms with Crippen LogP contribution in [0.15, 0.2) is 12.2 Å². The summed E-state index contributed by atoms with van der Waals surface area (Å²) in [6.07, 6.45) is 5.43. The summed E-state index contributed by atoms with van der Waals surface area (Å²) in [5, 5.41) is 22.5. The van der Waals surface area contributed by atoms with Crippen LogP contribution < -0.4 is 5.32 Å². The smallest absolute Gasteiger partial charge is 0.0936 e. The van der Waals surface area contributed by atoms with E-state index in [1.165, 1.54) is 0 Å². The molecule has 0 heterocycles. The molecule has 0 aromatic rings. The maximum atomic E-state index is 10.2. The zero-order valence-electron chi connectivity index (χ0n) is 10.3. The van der Waals surface area contributed by atoms with Gasteiger partial charge in [0.25, 0.3) is 0 Å². The van der Waals surface area contributed by atoms with Crippen LogP contribution >= 0.6 is 0 Å². The van der Waals surface area contributed by atoms with E-state index in [0.717, 1.165) is 6.42 Å². The average molecular weight is 215 g/mol. The first-order chi connectivity index (χ1) is 7.03. The fourth-order valence-corrected chi connectivity index (χ4v) is 1.58. The number of aliphatic hydroxyl groups excluding tert-OH is 1. The Balaban J connectivity index is 4.54. The Hall–Kier alpha value is -0.380. The van der Waals surface area contributed by atoms with E-state index >= 15 is 0 Å². The van der Waals surface area contributed by atoms with Gasteiger partial charge in [0.1, 0.15) is 0 Å². The van der Waals surface area contributed by atoms with Gasteiger partial charge in [0.2, 0.25) is 0 Å². The van der Waals surface area contributed by atoms with Crippen LogP contribution in [-0.4, -0.2) is 35.5 Å². The summed E-state index contributed by atoms with van der Waals surface area (Å²) in [7, 11) is 1.90. The lowest BCUT2D eigenvalue weighted by Gasteiger charge is -2.31. The molecule has 0 fully saturated rings. The van der Waals surface area contributed by atoms with Crippen molar-refractivity contribution in [2.24, 2.45) is 5.92 Å². The standard InChI is InChI=1S/C12H25NO2/c1-5-11(8-7-10(3)13-4)12(15,6-2)9-14/h7-8,10-11,13-15H,5-6,9H2,1-4H3/b8-7-/t10?,11-,12?/m0/s1. The Bertz CT molecular complexity index is 188. The van der Waals surface area contributed by atoms with E-state index in [4.69, 9.17) is 0 Å². The maximum Gasteiger partial charge on any atom is 0.0936 e. The Kier molecular flexibility index (Phi) is 6.81. The minimum absolute atomic E-state index is 0.0169. The summed E-state index contributed by atoms with van der Waals surface area (Å²) in [6.45, 7) is 5.79. The van der Waals surface area contributed by atoms with Crippen molar-refractivity contribution in [1.29, 1.82) is 0 Å². The number of aliphatic hydroxyl groups is 2. The fourth-order valence-electron chi connectivity index (χ4n) is 1.58. The van der Waals surface area contributed by atoms with Crippen LogP contribution in [0, 0.1) is 5.92 Å². The van der Waals surface area contributed by atoms with Gasteiger partial charge in [-0.25, -0.2) is 0 Å². The first-order valence-corrected chi connectivity index (χ1v) is 5.72. The lowest BCUT2D eigenvalue weighted by Crippen LogP contribution is -2.40. The SMILES string of the molecule is CC[C@@H](/C=C\C(C)NC)C(O)(CC)CO. The molecule has 0 aromatic carbocycles. The van der Waals surface area contributed by atoms with Gasteiger partial charge in [0.15, 0.2) is 0 Å². The molecule has 0 radical (unpaired) electrons. The molecule has 0 aliphatic rings. The fraction of sp³-hybridized carbons (Fsp3) is 0.833. The Morgan fingerprint density at radius 1 is 1.33 bits per heavy atom. The summed E-state index contributed by atoms with van der Waals surface area (Å²) in [5.41, 5.74) is -0.974. The predicted molar refractivity (Wildman–Crippen MR) is 63.8 cm³/mol. The second kappa shape index (κ2) is 6.99. The highest BCUT2D eigenvalue weighted by atomic mass is 16.3. The van der Waals surface area contributed by atoms with Crippen molar-refractivity contribution in [2.45, 2.75) is 45.3 Å². The maximum absolute atomic E-state index is 10.2. The van der Waals surface area contributed by atoms with Gasteiger partial charge < -0.3 is 15.5 Å². The minimum atomic E-state index is -0.974. The second-order valence-corrected chi connectivity index (χ2v) is 4.09. The third kappa shape index (κ3) is 4.33. The number of rotatable bonds is 7. The molecule has 0 saturated heterocycles. The Morgan fingerprint density at radius 3 is 2.27 bits per heavy atom. The normalized spacial score (nSPS) is 20.1. The second-order valence-electron chi connectivity index (χ2n) is 4.09. The molecule has 0 aromatic heterocycles. The van der Waals surface area contributed by atoms with Crippen molar-refractivity contribution < 1.29 is 10.2 Å². The summed E-state index contributed by atoms with van der Waals surface area (Å²) < 4.78 is 0. The van der Waals surface area contributed by atoms with Crippen LogP contribution in [0.4, 0.5) is 0 Å². The van der Waals surface area contributed by atoms with Crippen molar-refractivity contribution in [2.75, 3.05) is 13.7 Å². The van der Waals surface area contributed by atoms with Gasteiger partial charge in [-0.15, -0.1) is 0 Å². The first-order valence-electron chi connectivity index (χ1n) is 5.72. The molecule has 3 heteroatoms. The van der Waals surface area contributed by atoms with Gasteiger partial charge in [0, 0.05) is 12.0 Å². The molecule has 2 unspecified atom stereocenters. The quantitative estimate of drug-likeness (QED) is 0.561. The third-order valence-electron chi connectivity index (χ3n) is 3.10. The molecule has 0 saturated carbocycles. The monoisotopic (exact) mass is 215 g/mol. The number of hydrogen-bond donors (Lipinski definition) is 3. The van der Waals surface area contributed by atoms with Crippen LogP contribution in [0.3, 0.4) is 0 Å². The van der Waals surface area contributed by atoms with Crippen LogP contribution in [0.1, 0.15) is 33.6 Å². The molecule has 15 heavy (non-hydrogen) atoms. The third-order valence-corrected chi connectivity index (χ3v) is 3.10. The molecule has 90 valence electrons. The molecular formula is C12H25NO2. The zero-order valence-corrected chi connectivity index (χ0v) is 10.3. The molecule has 0 spiro atoms. The lowest BCUT2D eigenvalue weighted by atomic mass is 9.83. The van der Waals surface area contributed by atoms with E-state index in [1.54, 1.807) is 0 Å². The molecule has 0 aliphatic carbocycles. The van der Waals surface area contributed by atoms with Gasteiger partial charge in [-0.3, -0.25) is 0 Å². The van der Waals surface area contributed by atoms with E-state index in [0.29, 0.717) is 12.5 Å². The Morgan fingerprint density at radius 2 is 1.93 bits per heavy atom. The molecule has 0 aliphatic heterocycles. The van der Waals surface area contributed by atoms with Gasteiger partial charge in [-0.1, -0.05) is 26.0 Å². The summed E-state index contributed by atoms with van der Waals surface area (Å²) in [4.78, 5) is 0. The van der Waals surface area contributed by atoms with Gasteiger partial charge in [-0.05, 0) is 26.8 Å². The molecule has 0 bridgehead atoms. The Labute approximate surface area is 93.2 Å². The van der Waals surface area contributed by atoms with E-state index < -0.39 is 5.60 Å². The van der Waals surface area contributed by atoms with E-state index in [-0.39, 0.29) is 12.5 Å². The lowest BCUT2D eigenvalue weighted by molar-refractivity contribution is -0.0512. The number of likely N-dealkylation sites (N-methyl/N-ethyl adjacent to an activating group) is 1. The van der Waals surface area contributed by atoms with Crippen molar-refractivity contribution in [1.82, 2.24) is 5.32 Å². The molecule has 3 nitrogen and oxygen atoms in total. The predicted octanol–water partition coefficient (Wildman–Crippen LogP) is 1.31. The van der Waals surface area contributed by atoms with Crippen molar-refractivity contribution in [3.05, 3.63) is 12.2 Å². The molecule has 0 rings (SSSR count). The molecular weight excluding hydrogens is 190 g/mol. The molecule has 0 amide bonds. The zero-order chi connectivity index (χ0) is 11.9. The van der Waals surface area contributed by atoms with Gasteiger partial charge in [-0.2, -0.15) is 0 Å². The minimum Gasteiger partial charge on any atom is -0.393 e. The van der Waals surface area contributed by atoms with Crippen LogP contribution in [0.2, 0.25) is 0 Å². The van der Waals surface area contributed by atoms with Gasteiger partial charge in [0.05, 0.1) is 12.2 Å². The summed E-state index contributed by atoms with van der Waals surface area (Å²) in [5.74, 6) is 0.0169. The van der Waals surface area contributed by atoms with E-state index in [1.807, 2.05) is 40.0 Å². The summed E-state index contributed by atoms with van der Waals surface area (Å²) in [6, 6.07) is 0.291. The highest BCUT2D eigenvalue weighted by molar-refractivity contribution is 5.01. The first kappa shape index (κ1) is 14.6. The van der Waals surface area contributed by atoms with Crippen LogP contribution in [0.5, 0.6) is 0 Å². The molecule has 3 N–H and O–H groups in total. The van der Waals surface area contributed by atoms with Crippen molar-refractivity contribution >= 4 is 0 Å². The van der Waals surface area contributed by atoms with E-state index in [9.17, 15) is 10.2 Å². The summed E-state index contributed by atoms with van der Waals surface area (Å²) >= 11 is 0. The highest BCUT2D eigenvalue weighted by Gasteiger charge is 2.31. The molecule has 3 atom stereocenters.